The average Bonchev–Trinajstić information content (AvgIpc) is 2.57. The molecule has 1 aliphatic carbocycles. The maximum Gasteiger partial charge on any atom is 0.248 e. The Morgan fingerprint density at radius 3 is 2.28 bits per heavy atom. The number of hydrogen-bond donors (Lipinski definition) is 1. The summed E-state index contributed by atoms with van der Waals surface area (Å²) in [5.74, 6) is -2.59. The fourth-order valence-corrected chi connectivity index (χ4v) is 3.54. The van der Waals surface area contributed by atoms with Crippen LogP contribution < -0.4 is 5.32 Å². The van der Waals surface area contributed by atoms with Gasteiger partial charge in [0.15, 0.2) is 0 Å². The molecule has 25 heavy (non-hydrogen) atoms. The third-order valence-corrected chi connectivity index (χ3v) is 5.44. The molecule has 0 aromatic heterocycles. The quantitative estimate of drug-likeness (QED) is 0.630. The molecule has 0 spiro atoms. The van der Waals surface area contributed by atoms with Crippen LogP contribution in [0.3, 0.4) is 0 Å². The summed E-state index contributed by atoms with van der Waals surface area (Å²) in [6.07, 6.45) is 1.95. The van der Waals surface area contributed by atoms with Crippen LogP contribution in [0.2, 0.25) is 0 Å². The van der Waals surface area contributed by atoms with Gasteiger partial charge in [-0.25, -0.2) is 8.78 Å². The van der Waals surface area contributed by atoms with Crippen LogP contribution >= 0.6 is 15.9 Å². The summed E-state index contributed by atoms with van der Waals surface area (Å²) < 4.78 is 28.2. The number of nitrogens with zero attached hydrogens (tertiary/aromatic N) is 1. The zero-order valence-corrected chi connectivity index (χ0v) is 16.2. The molecule has 0 bridgehead atoms. The molecule has 1 saturated carbocycles. The molecule has 1 fully saturated rings. The van der Waals surface area contributed by atoms with Crippen LogP contribution in [0.4, 0.5) is 8.78 Å². The van der Waals surface area contributed by atoms with Crippen molar-refractivity contribution in [3.63, 3.8) is 0 Å². The van der Waals surface area contributed by atoms with Gasteiger partial charge in [-0.2, -0.15) is 0 Å². The molecule has 1 N–H and O–H groups in total. The van der Waals surface area contributed by atoms with Gasteiger partial charge in [-0.05, 0) is 42.3 Å². The monoisotopic (exact) mass is 410 g/mol. The highest BCUT2D eigenvalue weighted by atomic mass is 79.9. The Hall–Kier alpha value is -1.62. The van der Waals surface area contributed by atoms with Gasteiger partial charge in [-0.3, -0.25) is 0 Å². The second kappa shape index (κ2) is 7.73. The third-order valence-electron chi connectivity index (χ3n) is 4.91. The van der Waals surface area contributed by atoms with Crippen LogP contribution in [0.1, 0.15) is 31.2 Å². The summed E-state index contributed by atoms with van der Waals surface area (Å²) >= 11 is 3.42. The van der Waals surface area contributed by atoms with Crippen LogP contribution in [0.15, 0.2) is 60.4 Å². The van der Waals surface area contributed by atoms with Crippen molar-refractivity contribution in [2.75, 3.05) is 13.6 Å². The summed E-state index contributed by atoms with van der Waals surface area (Å²) in [6, 6.07) is 7.95. The molecule has 0 radical (unpaired) electrons. The third kappa shape index (κ3) is 4.72. The van der Waals surface area contributed by atoms with Gasteiger partial charge >= 0.3 is 0 Å². The Balaban J connectivity index is 2.09. The van der Waals surface area contributed by atoms with Crippen molar-refractivity contribution in [2.45, 2.75) is 37.1 Å². The molecular weight excluding hydrogens is 386 g/mol. The number of alkyl halides is 2. The van der Waals surface area contributed by atoms with E-state index in [0.717, 1.165) is 21.3 Å². The van der Waals surface area contributed by atoms with E-state index in [1.807, 2.05) is 36.2 Å². The molecule has 5 heteroatoms. The van der Waals surface area contributed by atoms with E-state index in [0.29, 0.717) is 19.4 Å². The zero-order chi connectivity index (χ0) is 18.7. The van der Waals surface area contributed by atoms with Gasteiger partial charge in [0.05, 0.1) is 5.54 Å². The number of likely N-dealkylation sites (N-methyl/N-ethyl adjacent to an activating group) is 1. The number of benzene rings is 1. The summed E-state index contributed by atoms with van der Waals surface area (Å²) in [6.45, 7) is 12.7. The summed E-state index contributed by atoms with van der Waals surface area (Å²) in [5.41, 5.74) is 2.22. The van der Waals surface area contributed by atoms with Gasteiger partial charge in [0, 0.05) is 36.6 Å². The lowest BCUT2D eigenvalue weighted by atomic mass is 9.77. The molecule has 1 aromatic carbocycles. The van der Waals surface area contributed by atoms with Gasteiger partial charge in [-0.15, -0.1) is 0 Å². The second-order valence-electron chi connectivity index (χ2n) is 6.70. The smallest absolute Gasteiger partial charge is 0.248 e. The SMILES string of the molecule is C=CNC1(C(=C)N(C)CC(=C)c2ccc(Br)cc2)CCC(F)(F)CC1. The van der Waals surface area contributed by atoms with Crippen molar-refractivity contribution >= 4 is 21.5 Å². The predicted molar refractivity (Wildman–Crippen MR) is 104 cm³/mol. The van der Waals surface area contributed by atoms with Crippen LogP contribution in [0.25, 0.3) is 5.57 Å². The molecule has 0 aliphatic heterocycles. The molecule has 1 aliphatic rings. The van der Waals surface area contributed by atoms with Crippen molar-refractivity contribution in [3.05, 3.63) is 65.9 Å². The molecule has 2 rings (SSSR count). The minimum absolute atomic E-state index is 0.144. The fraction of sp³-hybridized carbons (Fsp3) is 0.400. The first-order chi connectivity index (χ1) is 11.7. The van der Waals surface area contributed by atoms with Gasteiger partial charge in [0.1, 0.15) is 0 Å². The van der Waals surface area contributed by atoms with Gasteiger partial charge in [0.25, 0.3) is 0 Å². The van der Waals surface area contributed by atoms with E-state index >= 15 is 0 Å². The highest BCUT2D eigenvalue weighted by molar-refractivity contribution is 9.10. The summed E-state index contributed by atoms with van der Waals surface area (Å²) in [7, 11) is 1.92. The summed E-state index contributed by atoms with van der Waals surface area (Å²) in [5, 5.41) is 3.19. The number of nitrogens with one attached hydrogen (secondary N) is 1. The van der Waals surface area contributed by atoms with Crippen LogP contribution in [0.5, 0.6) is 0 Å². The standard InChI is InChI=1S/C20H25BrF2N2/c1-5-24-19(10-12-20(22,23)13-11-19)16(3)25(4)14-15(2)17-6-8-18(21)9-7-17/h5-9,24H,1-3,10-14H2,4H3. The first-order valence-corrected chi connectivity index (χ1v) is 9.09. The minimum atomic E-state index is -2.59. The maximum atomic E-state index is 13.6. The van der Waals surface area contributed by atoms with Crippen LogP contribution in [0, 0.1) is 0 Å². The molecule has 0 heterocycles. The molecule has 1 aromatic rings. The Labute approximate surface area is 157 Å². The average molecular weight is 411 g/mol. The molecule has 0 atom stereocenters. The van der Waals surface area contributed by atoms with Crippen molar-refractivity contribution < 1.29 is 8.78 Å². The fourth-order valence-electron chi connectivity index (χ4n) is 3.28. The molecule has 0 amide bonds. The highest BCUT2D eigenvalue weighted by Crippen LogP contribution is 2.42. The Bertz CT molecular complexity index is 642. The Morgan fingerprint density at radius 1 is 1.20 bits per heavy atom. The highest BCUT2D eigenvalue weighted by Gasteiger charge is 2.45. The van der Waals surface area contributed by atoms with Crippen LogP contribution in [-0.2, 0) is 0 Å². The predicted octanol–water partition coefficient (Wildman–Crippen LogP) is 5.59. The largest absolute Gasteiger partial charge is 0.380 e. The first kappa shape index (κ1) is 19.7. The van der Waals surface area contributed by atoms with E-state index in [9.17, 15) is 8.78 Å². The topological polar surface area (TPSA) is 15.3 Å². The molecular formula is C20H25BrF2N2. The normalized spacial score (nSPS) is 18.2. The van der Waals surface area contributed by atoms with E-state index in [1.165, 1.54) is 0 Å². The molecule has 0 saturated heterocycles. The van der Waals surface area contributed by atoms with E-state index in [-0.39, 0.29) is 12.8 Å². The van der Waals surface area contributed by atoms with Crippen molar-refractivity contribution in [2.24, 2.45) is 0 Å². The Kier molecular flexibility index (Phi) is 6.09. The molecule has 2 nitrogen and oxygen atoms in total. The van der Waals surface area contributed by atoms with E-state index in [4.69, 9.17) is 0 Å². The number of rotatable bonds is 7. The first-order valence-electron chi connectivity index (χ1n) is 8.30. The van der Waals surface area contributed by atoms with Gasteiger partial charge < -0.3 is 10.2 Å². The van der Waals surface area contributed by atoms with Gasteiger partial charge in [0.2, 0.25) is 5.92 Å². The molecule has 0 unspecified atom stereocenters. The lowest BCUT2D eigenvalue weighted by Crippen LogP contribution is -2.52. The second-order valence-corrected chi connectivity index (χ2v) is 7.62. The van der Waals surface area contributed by atoms with Gasteiger partial charge in [-0.1, -0.05) is 47.8 Å². The number of hydrogen-bond acceptors (Lipinski definition) is 2. The minimum Gasteiger partial charge on any atom is -0.380 e. The van der Waals surface area contributed by atoms with E-state index in [1.54, 1.807) is 6.20 Å². The Morgan fingerprint density at radius 2 is 1.76 bits per heavy atom. The maximum absolute atomic E-state index is 13.6. The van der Waals surface area contributed by atoms with Crippen molar-refractivity contribution in [3.8, 4) is 0 Å². The van der Waals surface area contributed by atoms with Crippen molar-refractivity contribution in [1.82, 2.24) is 10.2 Å². The molecule has 136 valence electrons. The lowest BCUT2D eigenvalue weighted by molar-refractivity contribution is -0.0515. The summed E-state index contributed by atoms with van der Waals surface area (Å²) in [4.78, 5) is 1.99. The lowest BCUT2D eigenvalue weighted by Gasteiger charge is -2.45. The van der Waals surface area contributed by atoms with E-state index < -0.39 is 11.5 Å². The van der Waals surface area contributed by atoms with Crippen LogP contribution in [-0.4, -0.2) is 30.0 Å². The number of halogens is 3. The van der Waals surface area contributed by atoms with E-state index in [2.05, 4.69) is 41.0 Å². The zero-order valence-electron chi connectivity index (χ0n) is 14.6. The van der Waals surface area contributed by atoms with Crippen molar-refractivity contribution in [1.29, 1.82) is 0 Å².